The number of halogens is 1. The highest BCUT2D eigenvalue weighted by Gasteiger charge is 2.13. The third-order valence-electron chi connectivity index (χ3n) is 2.38. The molecule has 90 valence electrons. The molecule has 2 aromatic rings. The van der Waals surface area contributed by atoms with Gasteiger partial charge in [0.15, 0.2) is 0 Å². The van der Waals surface area contributed by atoms with E-state index < -0.39 is 11.8 Å². The minimum absolute atomic E-state index is 0.281. The van der Waals surface area contributed by atoms with Gasteiger partial charge in [0.25, 0.3) is 11.8 Å². The summed E-state index contributed by atoms with van der Waals surface area (Å²) < 4.78 is 0. The molecular weight excluding hydrogens is 250 g/mol. The maximum atomic E-state index is 11.8. The molecule has 2 amide bonds. The number of rotatable bonds is 2. The Morgan fingerprint density at radius 3 is 2.11 bits per heavy atom. The lowest BCUT2D eigenvalue weighted by Gasteiger charge is -2.05. The van der Waals surface area contributed by atoms with E-state index in [0.29, 0.717) is 10.6 Å². The molecule has 0 aliphatic heterocycles. The van der Waals surface area contributed by atoms with Crippen molar-refractivity contribution >= 4 is 23.4 Å². The van der Waals surface area contributed by atoms with Crippen LogP contribution in [0.3, 0.4) is 0 Å². The van der Waals surface area contributed by atoms with Crippen LogP contribution in [-0.4, -0.2) is 11.8 Å². The van der Waals surface area contributed by atoms with Crippen molar-refractivity contribution in [3.05, 3.63) is 70.7 Å². The van der Waals surface area contributed by atoms with Crippen molar-refractivity contribution in [2.24, 2.45) is 0 Å². The zero-order valence-electron chi connectivity index (χ0n) is 9.39. The molecule has 0 saturated heterocycles. The van der Waals surface area contributed by atoms with Gasteiger partial charge in [-0.1, -0.05) is 41.9 Å². The van der Waals surface area contributed by atoms with E-state index in [0.717, 1.165) is 0 Å². The van der Waals surface area contributed by atoms with E-state index in [4.69, 9.17) is 11.6 Å². The van der Waals surface area contributed by atoms with E-state index in [1.54, 1.807) is 54.6 Å². The number of carbonyl (C=O) groups excluding carboxylic acids is 2. The maximum Gasteiger partial charge on any atom is 0.259 e. The molecule has 0 aliphatic rings. The van der Waals surface area contributed by atoms with Crippen molar-refractivity contribution in [1.82, 2.24) is 5.32 Å². The van der Waals surface area contributed by atoms with Crippen molar-refractivity contribution in [3.63, 3.8) is 0 Å². The van der Waals surface area contributed by atoms with E-state index in [-0.39, 0.29) is 5.56 Å². The first-order valence-electron chi connectivity index (χ1n) is 5.34. The average Bonchev–Trinajstić information content (AvgIpc) is 2.40. The molecule has 0 saturated carbocycles. The molecule has 0 bridgehead atoms. The molecule has 4 heteroatoms. The zero-order chi connectivity index (χ0) is 13.0. The largest absolute Gasteiger partial charge is 0.288 e. The van der Waals surface area contributed by atoms with Gasteiger partial charge in [-0.15, -0.1) is 0 Å². The first-order chi connectivity index (χ1) is 8.68. The lowest BCUT2D eigenvalue weighted by atomic mass is 10.2. The highest BCUT2D eigenvalue weighted by molar-refractivity contribution is 6.34. The molecule has 0 unspecified atom stereocenters. The van der Waals surface area contributed by atoms with Gasteiger partial charge < -0.3 is 0 Å². The summed E-state index contributed by atoms with van der Waals surface area (Å²) in [6, 6.07) is 15.1. The quantitative estimate of drug-likeness (QED) is 0.843. The van der Waals surface area contributed by atoms with Crippen LogP contribution >= 0.6 is 11.6 Å². The van der Waals surface area contributed by atoms with Crippen molar-refractivity contribution in [2.45, 2.75) is 0 Å². The summed E-state index contributed by atoms with van der Waals surface area (Å²) >= 11 is 5.88. The molecule has 2 rings (SSSR count). The highest BCUT2D eigenvalue weighted by atomic mass is 35.5. The maximum absolute atomic E-state index is 11.8. The Morgan fingerprint density at radius 1 is 0.833 bits per heavy atom. The van der Waals surface area contributed by atoms with Gasteiger partial charge >= 0.3 is 0 Å². The fourth-order valence-corrected chi connectivity index (χ4v) is 1.70. The number of amides is 2. The van der Waals surface area contributed by atoms with Gasteiger partial charge in [-0.25, -0.2) is 0 Å². The van der Waals surface area contributed by atoms with Gasteiger partial charge in [0.05, 0.1) is 10.6 Å². The van der Waals surface area contributed by atoms with E-state index in [1.807, 2.05) is 0 Å². The molecule has 0 aliphatic carbocycles. The van der Waals surface area contributed by atoms with Gasteiger partial charge in [0.1, 0.15) is 0 Å². The number of imide groups is 1. The van der Waals surface area contributed by atoms with Gasteiger partial charge in [-0.05, 0) is 24.3 Å². The minimum atomic E-state index is -0.505. The number of nitrogens with one attached hydrogen (secondary N) is 1. The third-order valence-corrected chi connectivity index (χ3v) is 2.71. The molecule has 0 aromatic heterocycles. The summed E-state index contributed by atoms with van der Waals surface area (Å²) in [5.74, 6) is -0.949. The van der Waals surface area contributed by atoms with Crippen molar-refractivity contribution < 1.29 is 9.59 Å². The van der Waals surface area contributed by atoms with E-state index in [2.05, 4.69) is 5.32 Å². The Hall–Kier alpha value is -2.13. The van der Waals surface area contributed by atoms with E-state index in [9.17, 15) is 9.59 Å². The van der Waals surface area contributed by atoms with Crippen LogP contribution < -0.4 is 5.32 Å². The van der Waals surface area contributed by atoms with Crippen LogP contribution in [0, 0.1) is 0 Å². The second-order valence-electron chi connectivity index (χ2n) is 3.63. The highest BCUT2D eigenvalue weighted by Crippen LogP contribution is 2.14. The molecule has 0 fully saturated rings. The molecule has 0 spiro atoms. The SMILES string of the molecule is O=C(NC(=O)c1ccccc1Cl)c1ccccc1. The van der Waals surface area contributed by atoms with E-state index in [1.165, 1.54) is 0 Å². The van der Waals surface area contributed by atoms with Crippen molar-refractivity contribution in [2.75, 3.05) is 0 Å². The van der Waals surface area contributed by atoms with Crippen LogP contribution in [-0.2, 0) is 0 Å². The summed E-state index contributed by atoms with van der Waals surface area (Å²) in [4.78, 5) is 23.6. The molecular formula is C14H10ClNO2. The molecule has 0 heterocycles. The minimum Gasteiger partial charge on any atom is -0.288 e. The summed E-state index contributed by atoms with van der Waals surface area (Å²) in [5, 5.41) is 2.61. The summed E-state index contributed by atoms with van der Waals surface area (Å²) in [6.07, 6.45) is 0. The van der Waals surface area contributed by atoms with Gasteiger partial charge in [-0.3, -0.25) is 14.9 Å². The number of hydrogen-bond donors (Lipinski definition) is 1. The molecule has 0 atom stereocenters. The Balaban J connectivity index is 2.14. The number of benzene rings is 2. The lowest BCUT2D eigenvalue weighted by molar-refractivity contribution is 0.0849. The summed E-state index contributed by atoms with van der Waals surface area (Å²) in [5.41, 5.74) is 0.710. The van der Waals surface area contributed by atoms with Crippen LogP contribution in [0.25, 0.3) is 0 Å². The topological polar surface area (TPSA) is 46.2 Å². The number of carbonyl (C=O) groups is 2. The molecule has 2 aromatic carbocycles. The van der Waals surface area contributed by atoms with Crippen LogP contribution in [0.15, 0.2) is 54.6 Å². The van der Waals surface area contributed by atoms with Crippen LogP contribution in [0.4, 0.5) is 0 Å². The zero-order valence-corrected chi connectivity index (χ0v) is 10.1. The van der Waals surface area contributed by atoms with Gasteiger partial charge in [0, 0.05) is 5.56 Å². The van der Waals surface area contributed by atoms with Crippen LogP contribution in [0.2, 0.25) is 5.02 Å². The molecule has 0 radical (unpaired) electrons. The van der Waals surface area contributed by atoms with Crippen molar-refractivity contribution in [1.29, 1.82) is 0 Å². The molecule has 1 N–H and O–H groups in total. The summed E-state index contributed by atoms with van der Waals surface area (Å²) in [7, 11) is 0. The smallest absolute Gasteiger partial charge is 0.259 e. The lowest BCUT2D eigenvalue weighted by Crippen LogP contribution is -2.30. The number of hydrogen-bond acceptors (Lipinski definition) is 2. The third kappa shape index (κ3) is 2.76. The second kappa shape index (κ2) is 5.47. The fourth-order valence-electron chi connectivity index (χ4n) is 1.48. The molecule has 18 heavy (non-hydrogen) atoms. The standard InChI is InChI=1S/C14H10ClNO2/c15-12-9-5-4-8-11(12)14(18)16-13(17)10-6-2-1-3-7-10/h1-9H,(H,16,17,18). The van der Waals surface area contributed by atoms with Gasteiger partial charge in [-0.2, -0.15) is 0 Å². The Labute approximate surface area is 109 Å². The second-order valence-corrected chi connectivity index (χ2v) is 4.04. The van der Waals surface area contributed by atoms with Crippen LogP contribution in [0.5, 0.6) is 0 Å². The predicted molar refractivity (Wildman–Crippen MR) is 69.7 cm³/mol. The average molecular weight is 260 g/mol. The summed E-state index contributed by atoms with van der Waals surface area (Å²) in [6.45, 7) is 0. The van der Waals surface area contributed by atoms with Gasteiger partial charge in [0.2, 0.25) is 0 Å². The molecule has 3 nitrogen and oxygen atoms in total. The monoisotopic (exact) mass is 259 g/mol. The fraction of sp³-hybridized carbons (Fsp3) is 0. The Bertz CT molecular complexity index is 581. The normalized spacial score (nSPS) is 9.83. The first-order valence-corrected chi connectivity index (χ1v) is 5.71. The van der Waals surface area contributed by atoms with E-state index >= 15 is 0 Å². The predicted octanol–water partition coefficient (Wildman–Crippen LogP) is 2.91. The Morgan fingerprint density at radius 2 is 1.44 bits per heavy atom. The Kier molecular flexibility index (Phi) is 3.75. The van der Waals surface area contributed by atoms with Crippen LogP contribution in [0.1, 0.15) is 20.7 Å². The first kappa shape index (κ1) is 12.3. The van der Waals surface area contributed by atoms with Crippen molar-refractivity contribution in [3.8, 4) is 0 Å².